The van der Waals surface area contributed by atoms with E-state index in [1.807, 2.05) is 42.6 Å². The van der Waals surface area contributed by atoms with Gasteiger partial charge in [0.1, 0.15) is 5.82 Å². The average Bonchev–Trinajstić information content (AvgIpc) is 2.74. The lowest BCUT2D eigenvalue weighted by molar-refractivity contribution is 0.102. The summed E-state index contributed by atoms with van der Waals surface area (Å²) >= 11 is 0. The Morgan fingerprint density at radius 2 is 2.00 bits per heavy atom. The summed E-state index contributed by atoms with van der Waals surface area (Å²) in [6.45, 7) is 0.769. The zero-order valence-electron chi connectivity index (χ0n) is 16.0. The molecular weight excluding hydrogens is 348 g/mol. The summed E-state index contributed by atoms with van der Waals surface area (Å²) in [6, 6.07) is 17.8. The Balaban J connectivity index is 1.47. The topological polar surface area (TPSA) is 58.1 Å². The van der Waals surface area contributed by atoms with Crippen molar-refractivity contribution in [2.75, 3.05) is 12.4 Å². The number of nitrogens with zero attached hydrogens (tertiary/aromatic N) is 3. The molecule has 0 saturated carbocycles. The highest BCUT2D eigenvalue weighted by Gasteiger charge is 2.24. The third-order valence-electron chi connectivity index (χ3n) is 5.23. The van der Waals surface area contributed by atoms with Crippen LogP contribution in [0.1, 0.15) is 46.1 Å². The highest BCUT2D eigenvalue weighted by molar-refractivity contribution is 6.03. The quantitative estimate of drug-likeness (QED) is 0.728. The molecule has 0 aliphatic heterocycles. The van der Waals surface area contributed by atoms with E-state index in [0.29, 0.717) is 17.4 Å². The van der Waals surface area contributed by atoms with Crippen LogP contribution in [-0.2, 0) is 13.0 Å². The Kier molecular flexibility index (Phi) is 5.44. The van der Waals surface area contributed by atoms with Crippen LogP contribution in [0.4, 0.5) is 5.82 Å². The van der Waals surface area contributed by atoms with E-state index in [2.05, 4.69) is 39.4 Å². The van der Waals surface area contributed by atoms with Gasteiger partial charge >= 0.3 is 0 Å². The van der Waals surface area contributed by atoms with E-state index in [1.54, 1.807) is 12.3 Å². The number of nitrogens with one attached hydrogen (secondary N) is 1. The van der Waals surface area contributed by atoms with Gasteiger partial charge in [-0.05, 0) is 67.8 Å². The van der Waals surface area contributed by atoms with Crippen molar-refractivity contribution in [2.45, 2.75) is 31.8 Å². The molecule has 4 rings (SSSR count). The fourth-order valence-electron chi connectivity index (χ4n) is 3.85. The Labute approximate surface area is 165 Å². The van der Waals surface area contributed by atoms with E-state index in [-0.39, 0.29) is 5.91 Å². The standard InChI is InChI=1S/C23H24N4O/c1-27(20-11-5-8-18-10-6-14-25-22(18)20)16-17-7-4-9-19(15-17)23(28)26-21-12-2-3-13-24-21/h2-4,6-7,9-10,12-15,20H,5,8,11,16H2,1H3,(H,24,26,28). The summed E-state index contributed by atoms with van der Waals surface area (Å²) in [5, 5.41) is 2.84. The second kappa shape index (κ2) is 8.31. The number of aromatic nitrogens is 2. The maximum Gasteiger partial charge on any atom is 0.256 e. The number of fused-ring (bicyclic) bond motifs is 1. The van der Waals surface area contributed by atoms with Gasteiger partial charge in [0.15, 0.2) is 0 Å². The van der Waals surface area contributed by atoms with Gasteiger partial charge in [-0.1, -0.05) is 24.3 Å². The highest BCUT2D eigenvalue weighted by atomic mass is 16.1. The number of anilines is 1. The monoisotopic (exact) mass is 372 g/mol. The zero-order valence-corrected chi connectivity index (χ0v) is 16.0. The molecular formula is C23H24N4O. The zero-order chi connectivity index (χ0) is 19.3. The lowest BCUT2D eigenvalue weighted by atomic mass is 9.91. The molecule has 1 unspecified atom stereocenters. The second-order valence-electron chi connectivity index (χ2n) is 7.24. The molecule has 28 heavy (non-hydrogen) atoms. The molecule has 0 bridgehead atoms. The van der Waals surface area contributed by atoms with Gasteiger partial charge < -0.3 is 5.32 Å². The minimum atomic E-state index is -0.145. The van der Waals surface area contributed by atoms with E-state index in [0.717, 1.165) is 24.9 Å². The van der Waals surface area contributed by atoms with E-state index >= 15 is 0 Å². The predicted octanol–water partition coefficient (Wildman–Crippen LogP) is 4.24. The number of carbonyl (C=O) groups is 1. The number of carbonyl (C=O) groups excluding carboxylic acids is 1. The lowest BCUT2D eigenvalue weighted by Crippen LogP contribution is -2.28. The molecule has 1 aromatic carbocycles. The van der Waals surface area contributed by atoms with Gasteiger partial charge in [-0.2, -0.15) is 0 Å². The van der Waals surface area contributed by atoms with Crippen LogP contribution in [0, 0.1) is 0 Å². The number of aryl methyl sites for hydroxylation is 1. The van der Waals surface area contributed by atoms with Crippen LogP contribution in [0.3, 0.4) is 0 Å². The summed E-state index contributed by atoms with van der Waals surface area (Å²) in [4.78, 5) is 23.7. The Hall–Kier alpha value is -3.05. The number of benzene rings is 1. The van der Waals surface area contributed by atoms with Crippen molar-refractivity contribution in [1.82, 2.24) is 14.9 Å². The molecule has 1 N–H and O–H groups in total. The molecule has 1 amide bonds. The normalized spacial score (nSPS) is 15.9. The lowest BCUT2D eigenvalue weighted by Gasteiger charge is -2.32. The molecule has 142 valence electrons. The van der Waals surface area contributed by atoms with Gasteiger partial charge in [0, 0.05) is 24.5 Å². The van der Waals surface area contributed by atoms with Crippen LogP contribution in [0.2, 0.25) is 0 Å². The third kappa shape index (κ3) is 4.10. The minimum absolute atomic E-state index is 0.145. The molecule has 5 heteroatoms. The van der Waals surface area contributed by atoms with E-state index in [9.17, 15) is 4.79 Å². The van der Waals surface area contributed by atoms with Crippen LogP contribution < -0.4 is 5.32 Å². The maximum absolute atomic E-state index is 12.5. The van der Waals surface area contributed by atoms with Crippen LogP contribution >= 0.6 is 0 Å². The molecule has 2 heterocycles. The van der Waals surface area contributed by atoms with Gasteiger partial charge in [0.05, 0.1) is 11.7 Å². The Bertz CT molecular complexity index is 958. The number of hydrogen-bond donors (Lipinski definition) is 1. The maximum atomic E-state index is 12.5. The van der Waals surface area contributed by atoms with Crippen LogP contribution in [0.15, 0.2) is 67.0 Å². The van der Waals surface area contributed by atoms with Gasteiger partial charge in [-0.3, -0.25) is 14.7 Å². The summed E-state index contributed by atoms with van der Waals surface area (Å²) in [5.74, 6) is 0.410. The Morgan fingerprint density at radius 3 is 2.86 bits per heavy atom. The van der Waals surface area contributed by atoms with Crippen molar-refractivity contribution in [1.29, 1.82) is 0 Å². The molecule has 0 radical (unpaired) electrons. The SMILES string of the molecule is CN(Cc1cccc(C(=O)Nc2ccccn2)c1)C1CCCc2cccnc21. The van der Waals surface area contributed by atoms with Crippen molar-refractivity contribution in [3.8, 4) is 0 Å². The molecule has 1 aliphatic carbocycles. The summed E-state index contributed by atoms with van der Waals surface area (Å²) in [5.41, 5.74) is 4.30. The number of rotatable bonds is 5. The molecule has 1 atom stereocenters. The van der Waals surface area contributed by atoms with Crippen molar-refractivity contribution in [2.24, 2.45) is 0 Å². The van der Waals surface area contributed by atoms with Gasteiger partial charge in [0.2, 0.25) is 0 Å². The van der Waals surface area contributed by atoms with Crippen LogP contribution in [0.5, 0.6) is 0 Å². The van der Waals surface area contributed by atoms with E-state index in [1.165, 1.54) is 17.7 Å². The molecule has 0 saturated heterocycles. The van der Waals surface area contributed by atoms with Crippen LogP contribution in [0.25, 0.3) is 0 Å². The molecule has 2 aromatic heterocycles. The van der Waals surface area contributed by atoms with Crippen molar-refractivity contribution >= 4 is 11.7 Å². The average molecular weight is 372 g/mol. The minimum Gasteiger partial charge on any atom is -0.307 e. The summed E-state index contributed by atoms with van der Waals surface area (Å²) < 4.78 is 0. The van der Waals surface area contributed by atoms with Crippen molar-refractivity contribution in [3.63, 3.8) is 0 Å². The first-order valence-electron chi connectivity index (χ1n) is 9.66. The predicted molar refractivity (Wildman–Crippen MR) is 110 cm³/mol. The van der Waals surface area contributed by atoms with Crippen molar-refractivity contribution < 1.29 is 4.79 Å². The number of amides is 1. The van der Waals surface area contributed by atoms with Gasteiger partial charge in [0.25, 0.3) is 5.91 Å². The fourth-order valence-corrected chi connectivity index (χ4v) is 3.85. The van der Waals surface area contributed by atoms with E-state index < -0.39 is 0 Å². The number of pyridine rings is 2. The molecule has 0 spiro atoms. The highest BCUT2D eigenvalue weighted by Crippen LogP contribution is 2.32. The fraction of sp³-hybridized carbons (Fsp3) is 0.261. The first-order chi connectivity index (χ1) is 13.7. The van der Waals surface area contributed by atoms with Gasteiger partial charge in [-0.15, -0.1) is 0 Å². The first kappa shape index (κ1) is 18.3. The first-order valence-corrected chi connectivity index (χ1v) is 9.66. The Morgan fingerprint density at radius 1 is 1.11 bits per heavy atom. The molecule has 3 aromatic rings. The third-order valence-corrected chi connectivity index (χ3v) is 5.23. The summed E-state index contributed by atoms with van der Waals surface area (Å²) in [7, 11) is 2.13. The molecule has 5 nitrogen and oxygen atoms in total. The second-order valence-corrected chi connectivity index (χ2v) is 7.24. The molecule has 0 fully saturated rings. The largest absolute Gasteiger partial charge is 0.307 e. The number of hydrogen-bond acceptors (Lipinski definition) is 4. The van der Waals surface area contributed by atoms with Crippen molar-refractivity contribution in [3.05, 3.63) is 89.4 Å². The van der Waals surface area contributed by atoms with Crippen LogP contribution in [-0.4, -0.2) is 27.8 Å². The summed E-state index contributed by atoms with van der Waals surface area (Å²) in [6.07, 6.45) is 6.95. The molecule has 1 aliphatic rings. The van der Waals surface area contributed by atoms with Gasteiger partial charge in [-0.25, -0.2) is 4.98 Å². The smallest absolute Gasteiger partial charge is 0.256 e. The van der Waals surface area contributed by atoms with E-state index in [4.69, 9.17) is 0 Å².